The van der Waals surface area contributed by atoms with Crippen molar-refractivity contribution in [1.82, 2.24) is 15.0 Å². The van der Waals surface area contributed by atoms with E-state index in [-0.39, 0.29) is 0 Å². The number of aromatic nitrogens is 3. The topological polar surface area (TPSA) is 50.7 Å². The van der Waals surface area contributed by atoms with Crippen LogP contribution in [0.5, 0.6) is 0 Å². The molecule has 0 atom stereocenters. The molecule has 0 aliphatic rings. The Hall–Kier alpha value is -2.79. The van der Waals surface area contributed by atoms with Gasteiger partial charge in [-0.2, -0.15) is 0 Å². The van der Waals surface area contributed by atoms with Gasteiger partial charge in [0.15, 0.2) is 0 Å². The van der Waals surface area contributed by atoms with Crippen molar-refractivity contribution in [2.45, 2.75) is 13.0 Å². The van der Waals surface area contributed by atoms with Crippen LogP contribution in [0.2, 0.25) is 0 Å². The summed E-state index contributed by atoms with van der Waals surface area (Å²) in [6, 6.07) is 18.3. The first-order valence-electron chi connectivity index (χ1n) is 7.80. The molecular formula is C19H16N4S. The van der Waals surface area contributed by atoms with Gasteiger partial charge in [-0.1, -0.05) is 42.5 Å². The molecule has 0 fully saturated rings. The fourth-order valence-electron chi connectivity index (χ4n) is 2.51. The monoisotopic (exact) mass is 332 g/mol. The van der Waals surface area contributed by atoms with E-state index in [1.165, 1.54) is 5.56 Å². The maximum Gasteiger partial charge on any atom is 0.145 e. The number of hydrogen-bond acceptors (Lipinski definition) is 5. The third-order valence-electron chi connectivity index (χ3n) is 3.70. The first-order chi connectivity index (χ1) is 11.9. The molecule has 2 aromatic carbocycles. The third kappa shape index (κ3) is 3.41. The van der Waals surface area contributed by atoms with E-state index < -0.39 is 0 Å². The van der Waals surface area contributed by atoms with Gasteiger partial charge in [0.2, 0.25) is 0 Å². The van der Waals surface area contributed by atoms with Crippen LogP contribution in [0.25, 0.3) is 11.0 Å². The summed E-state index contributed by atoms with van der Waals surface area (Å²) < 4.78 is 0. The Morgan fingerprint density at radius 2 is 1.67 bits per heavy atom. The smallest absolute Gasteiger partial charge is 0.145 e. The van der Waals surface area contributed by atoms with Gasteiger partial charge in [0.05, 0.1) is 34.5 Å². The van der Waals surface area contributed by atoms with Crippen LogP contribution in [-0.4, -0.2) is 15.0 Å². The Balaban J connectivity index is 1.42. The molecule has 118 valence electrons. The lowest BCUT2D eigenvalue weighted by molar-refractivity contribution is 1.01. The van der Waals surface area contributed by atoms with Gasteiger partial charge in [-0.05, 0) is 17.7 Å². The largest absolute Gasteiger partial charge is 0.363 e. The summed E-state index contributed by atoms with van der Waals surface area (Å²) in [6.45, 7) is 0.651. The predicted molar refractivity (Wildman–Crippen MR) is 98.2 cm³/mol. The lowest BCUT2D eigenvalue weighted by Crippen LogP contribution is -2.02. The molecule has 4 nitrogen and oxygen atoms in total. The van der Waals surface area contributed by atoms with Crippen LogP contribution >= 0.6 is 11.3 Å². The van der Waals surface area contributed by atoms with Gasteiger partial charge in [-0.25, -0.2) is 9.97 Å². The van der Waals surface area contributed by atoms with E-state index in [2.05, 4.69) is 44.9 Å². The minimum atomic E-state index is 0.651. The van der Waals surface area contributed by atoms with Gasteiger partial charge < -0.3 is 5.32 Å². The van der Waals surface area contributed by atoms with E-state index in [1.807, 2.05) is 30.3 Å². The lowest BCUT2D eigenvalue weighted by Gasteiger charge is -2.04. The maximum absolute atomic E-state index is 4.69. The SMILES string of the molecule is c1ccc(Cc2nc(CNc3cnc4ccccc4n3)cs2)cc1. The molecule has 2 aromatic heterocycles. The molecule has 2 heterocycles. The fraction of sp³-hybridized carbons (Fsp3) is 0.105. The highest BCUT2D eigenvalue weighted by Crippen LogP contribution is 2.16. The molecule has 0 saturated heterocycles. The number of hydrogen-bond donors (Lipinski definition) is 1. The Bertz CT molecular complexity index is 950. The molecule has 0 unspecified atom stereocenters. The minimum absolute atomic E-state index is 0.651. The van der Waals surface area contributed by atoms with Crippen molar-refractivity contribution in [1.29, 1.82) is 0 Å². The molecule has 5 heteroatoms. The Morgan fingerprint density at radius 3 is 2.54 bits per heavy atom. The van der Waals surface area contributed by atoms with Crippen LogP contribution in [0.4, 0.5) is 5.82 Å². The van der Waals surface area contributed by atoms with Gasteiger partial charge in [-0.3, -0.25) is 4.98 Å². The number of nitrogens with one attached hydrogen (secondary N) is 1. The van der Waals surface area contributed by atoms with Gasteiger partial charge >= 0.3 is 0 Å². The number of fused-ring (bicyclic) bond motifs is 1. The van der Waals surface area contributed by atoms with Crippen molar-refractivity contribution < 1.29 is 0 Å². The van der Waals surface area contributed by atoms with Crippen LogP contribution in [-0.2, 0) is 13.0 Å². The molecule has 0 bridgehead atoms. The second-order valence-electron chi connectivity index (χ2n) is 5.49. The molecule has 0 aliphatic carbocycles. The summed E-state index contributed by atoms with van der Waals surface area (Å²) in [4.78, 5) is 13.7. The van der Waals surface area contributed by atoms with Crippen molar-refractivity contribution in [2.75, 3.05) is 5.32 Å². The third-order valence-corrected chi connectivity index (χ3v) is 4.59. The first-order valence-corrected chi connectivity index (χ1v) is 8.68. The number of benzene rings is 2. The van der Waals surface area contributed by atoms with Crippen molar-refractivity contribution >= 4 is 28.2 Å². The molecule has 0 amide bonds. The Morgan fingerprint density at radius 1 is 0.875 bits per heavy atom. The zero-order valence-corrected chi connectivity index (χ0v) is 13.8. The highest BCUT2D eigenvalue weighted by atomic mass is 32.1. The average Bonchev–Trinajstić information content (AvgIpc) is 3.08. The van der Waals surface area contributed by atoms with Crippen molar-refractivity contribution in [3.63, 3.8) is 0 Å². The number of nitrogens with zero attached hydrogens (tertiary/aromatic N) is 3. The maximum atomic E-state index is 4.69. The van der Waals surface area contributed by atoms with Crippen LogP contribution in [0.3, 0.4) is 0 Å². The first kappa shape index (κ1) is 14.8. The number of para-hydroxylation sites is 2. The summed E-state index contributed by atoms with van der Waals surface area (Å²) in [5.41, 5.74) is 4.11. The van der Waals surface area contributed by atoms with E-state index in [0.717, 1.165) is 34.0 Å². The Labute approximate surface area is 144 Å². The molecular weight excluding hydrogens is 316 g/mol. The minimum Gasteiger partial charge on any atom is -0.363 e. The molecule has 0 aliphatic heterocycles. The molecule has 1 N–H and O–H groups in total. The number of rotatable bonds is 5. The van der Waals surface area contributed by atoms with Crippen LogP contribution < -0.4 is 5.32 Å². The number of anilines is 1. The molecule has 4 rings (SSSR count). The zero-order chi connectivity index (χ0) is 16.2. The standard InChI is InChI=1S/C19H16N4S/c1-2-6-14(7-3-1)10-19-22-15(13-24-19)11-21-18-12-20-16-8-4-5-9-17(16)23-18/h1-9,12-13H,10-11H2,(H,21,23). The summed E-state index contributed by atoms with van der Waals surface area (Å²) in [5, 5.41) is 6.53. The van der Waals surface area contributed by atoms with Crippen LogP contribution in [0.15, 0.2) is 66.2 Å². The van der Waals surface area contributed by atoms with E-state index in [0.29, 0.717) is 6.54 Å². The summed E-state index contributed by atoms with van der Waals surface area (Å²) >= 11 is 1.69. The summed E-state index contributed by atoms with van der Waals surface area (Å²) in [7, 11) is 0. The van der Waals surface area contributed by atoms with Crippen LogP contribution in [0, 0.1) is 0 Å². The second kappa shape index (κ2) is 6.76. The highest BCUT2D eigenvalue weighted by Gasteiger charge is 2.04. The van der Waals surface area contributed by atoms with Crippen molar-refractivity contribution in [2.24, 2.45) is 0 Å². The summed E-state index contributed by atoms with van der Waals surface area (Å²) in [6.07, 6.45) is 2.64. The zero-order valence-electron chi connectivity index (χ0n) is 13.0. The van der Waals surface area contributed by atoms with Crippen LogP contribution in [0.1, 0.15) is 16.3 Å². The molecule has 24 heavy (non-hydrogen) atoms. The normalized spacial score (nSPS) is 10.8. The molecule has 0 saturated carbocycles. The van der Waals surface area contributed by atoms with Gasteiger partial charge in [-0.15, -0.1) is 11.3 Å². The number of thiazole rings is 1. The van der Waals surface area contributed by atoms with Gasteiger partial charge in [0, 0.05) is 11.8 Å². The van der Waals surface area contributed by atoms with Crippen molar-refractivity contribution in [3.8, 4) is 0 Å². The second-order valence-corrected chi connectivity index (χ2v) is 6.44. The highest BCUT2D eigenvalue weighted by molar-refractivity contribution is 7.09. The van der Waals surface area contributed by atoms with E-state index in [4.69, 9.17) is 4.98 Å². The molecule has 4 aromatic rings. The predicted octanol–water partition coefficient (Wildman–Crippen LogP) is 4.29. The van der Waals surface area contributed by atoms with E-state index >= 15 is 0 Å². The molecule has 0 radical (unpaired) electrons. The van der Waals surface area contributed by atoms with Gasteiger partial charge in [0.25, 0.3) is 0 Å². The Kier molecular flexibility index (Phi) is 4.16. The lowest BCUT2D eigenvalue weighted by atomic mass is 10.2. The fourth-order valence-corrected chi connectivity index (χ4v) is 3.33. The average molecular weight is 332 g/mol. The van der Waals surface area contributed by atoms with Crippen molar-refractivity contribution in [3.05, 3.63) is 82.4 Å². The van der Waals surface area contributed by atoms with E-state index in [9.17, 15) is 0 Å². The van der Waals surface area contributed by atoms with Gasteiger partial charge in [0.1, 0.15) is 5.82 Å². The molecule has 0 spiro atoms. The summed E-state index contributed by atoms with van der Waals surface area (Å²) in [5.74, 6) is 0.770. The van der Waals surface area contributed by atoms with E-state index in [1.54, 1.807) is 17.5 Å². The quantitative estimate of drug-likeness (QED) is 0.592.